The van der Waals surface area contributed by atoms with Crippen molar-refractivity contribution in [3.8, 4) is 0 Å². The molecule has 0 radical (unpaired) electrons. The van der Waals surface area contributed by atoms with Crippen molar-refractivity contribution in [2.75, 3.05) is 46.3 Å². The van der Waals surface area contributed by atoms with Crippen LogP contribution >= 0.6 is 24.0 Å². The van der Waals surface area contributed by atoms with E-state index < -0.39 is 0 Å². The number of nitrogens with one attached hydrogen (secondary N) is 2. The average Bonchev–Trinajstić information content (AvgIpc) is 2.73. The average molecular weight is 530 g/mol. The van der Waals surface area contributed by atoms with E-state index in [1.165, 1.54) is 25.9 Å². The van der Waals surface area contributed by atoms with E-state index in [1.54, 1.807) is 4.90 Å². The Labute approximate surface area is 199 Å². The molecular formula is C23H40IN5O. The van der Waals surface area contributed by atoms with E-state index in [1.807, 2.05) is 37.4 Å². The largest absolute Gasteiger partial charge is 0.357 e. The Bertz CT molecular complexity index is 617. The molecule has 0 aliphatic carbocycles. The number of likely N-dealkylation sites (tertiary alicyclic amines) is 1. The van der Waals surface area contributed by atoms with Crippen LogP contribution in [0.25, 0.3) is 0 Å². The van der Waals surface area contributed by atoms with Gasteiger partial charge in [-0.25, -0.2) is 0 Å². The second kappa shape index (κ2) is 15.5. The molecule has 1 heterocycles. The summed E-state index contributed by atoms with van der Waals surface area (Å²) in [6, 6.07) is 10.1. The molecule has 2 rings (SSSR count). The van der Waals surface area contributed by atoms with E-state index >= 15 is 0 Å². The number of hydrogen-bond acceptors (Lipinski definition) is 3. The van der Waals surface area contributed by atoms with Gasteiger partial charge in [0, 0.05) is 39.6 Å². The minimum atomic E-state index is 0. The number of guanidine groups is 1. The van der Waals surface area contributed by atoms with E-state index in [4.69, 9.17) is 0 Å². The summed E-state index contributed by atoms with van der Waals surface area (Å²) in [5.74, 6) is 1.82. The smallest absolute Gasteiger partial charge is 0.224 e. The maximum atomic E-state index is 12.4. The van der Waals surface area contributed by atoms with Crippen LogP contribution in [-0.4, -0.2) is 68.0 Å². The van der Waals surface area contributed by atoms with Gasteiger partial charge < -0.3 is 20.4 Å². The van der Waals surface area contributed by atoms with Gasteiger partial charge in [-0.2, -0.15) is 0 Å². The second-order valence-electron chi connectivity index (χ2n) is 8.05. The molecule has 7 heteroatoms. The Morgan fingerprint density at radius 3 is 2.57 bits per heavy atom. The maximum Gasteiger partial charge on any atom is 0.224 e. The summed E-state index contributed by atoms with van der Waals surface area (Å²) in [5, 5.41) is 6.56. The number of piperidine rings is 1. The van der Waals surface area contributed by atoms with Gasteiger partial charge in [-0.3, -0.25) is 9.79 Å². The zero-order chi connectivity index (χ0) is 20.9. The van der Waals surface area contributed by atoms with Gasteiger partial charge in [0.1, 0.15) is 0 Å². The molecule has 2 N–H and O–H groups in total. The number of carbonyl (C=O) groups excluding carboxylic acids is 1. The van der Waals surface area contributed by atoms with Crippen LogP contribution < -0.4 is 10.6 Å². The van der Waals surface area contributed by atoms with Gasteiger partial charge in [0.25, 0.3) is 0 Å². The highest BCUT2D eigenvalue weighted by molar-refractivity contribution is 14.0. The third-order valence-electron chi connectivity index (χ3n) is 5.44. The number of carbonyl (C=O) groups is 1. The molecule has 0 bridgehead atoms. The molecule has 1 amide bonds. The Morgan fingerprint density at radius 1 is 1.20 bits per heavy atom. The Hall–Kier alpha value is -1.35. The lowest BCUT2D eigenvalue weighted by Crippen LogP contribution is -2.39. The second-order valence-corrected chi connectivity index (χ2v) is 8.05. The summed E-state index contributed by atoms with van der Waals surface area (Å²) in [6.45, 7) is 10.8. The minimum absolute atomic E-state index is 0. The molecule has 0 spiro atoms. The molecule has 170 valence electrons. The predicted octanol–water partition coefficient (Wildman–Crippen LogP) is 3.33. The predicted molar refractivity (Wildman–Crippen MR) is 136 cm³/mol. The molecule has 1 saturated heterocycles. The molecule has 0 aromatic heterocycles. The first-order chi connectivity index (χ1) is 14.1. The fourth-order valence-electron chi connectivity index (χ4n) is 3.54. The van der Waals surface area contributed by atoms with Crippen LogP contribution in [0.1, 0.15) is 45.1 Å². The van der Waals surface area contributed by atoms with Gasteiger partial charge in [0.05, 0.1) is 0 Å². The van der Waals surface area contributed by atoms with Crippen LogP contribution in [0.15, 0.2) is 35.3 Å². The third kappa shape index (κ3) is 10.6. The van der Waals surface area contributed by atoms with Crippen LogP contribution in [0.3, 0.4) is 0 Å². The summed E-state index contributed by atoms with van der Waals surface area (Å²) in [4.78, 5) is 21.4. The number of benzene rings is 1. The molecule has 1 aliphatic rings. The number of hydrogen-bond donors (Lipinski definition) is 2. The Morgan fingerprint density at radius 2 is 1.90 bits per heavy atom. The lowest BCUT2D eigenvalue weighted by atomic mass is 9.99. The summed E-state index contributed by atoms with van der Waals surface area (Å²) in [5.41, 5.74) is 1.15. The van der Waals surface area contributed by atoms with E-state index in [2.05, 4.69) is 34.4 Å². The monoisotopic (exact) mass is 529 g/mol. The molecule has 0 saturated carbocycles. The molecule has 0 atom stereocenters. The summed E-state index contributed by atoms with van der Waals surface area (Å²) < 4.78 is 0. The highest BCUT2D eigenvalue weighted by Crippen LogP contribution is 2.15. The maximum absolute atomic E-state index is 12.4. The number of amides is 1. The number of nitrogens with zero attached hydrogens (tertiary/aromatic N) is 3. The molecule has 1 aromatic carbocycles. The molecule has 0 unspecified atom stereocenters. The number of halogens is 1. The molecular weight excluding hydrogens is 489 g/mol. The SMILES string of the molecule is CCNC(=NCCCN1CCC(C)CC1)NCCC(=O)N(C)Cc1ccccc1.I. The molecule has 1 aliphatic heterocycles. The molecule has 1 aromatic rings. The van der Waals surface area contributed by atoms with Crippen LogP contribution in [-0.2, 0) is 11.3 Å². The van der Waals surface area contributed by atoms with Crippen molar-refractivity contribution in [2.45, 2.75) is 46.1 Å². The van der Waals surface area contributed by atoms with Crippen molar-refractivity contribution in [1.82, 2.24) is 20.4 Å². The van der Waals surface area contributed by atoms with E-state index in [0.29, 0.717) is 19.5 Å². The van der Waals surface area contributed by atoms with Crippen LogP contribution in [0, 0.1) is 5.92 Å². The van der Waals surface area contributed by atoms with Crippen molar-refractivity contribution >= 4 is 35.8 Å². The van der Waals surface area contributed by atoms with Gasteiger partial charge in [-0.1, -0.05) is 37.3 Å². The van der Waals surface area contributed by atoms with Gasteiger partial charge in [-0.05, 0) is 57.3 Å². The molecule has 1 fully saturated rings. The van der Waals surface area contributed by atoms with Crippen molar-refractivity contribution < 1.29 is 4.79 Å². The lowest BCUT2D eigenvalue weighted by Gasteiger charge is -2.29. The van der Waals surface area contributed by atoms with E-state index in [0.717, 1.165) is 43.5 Å². The standard InChI is InChI=1S/C23H39N5O.HI/c1-4-24-23(25-14-8-16-28-17-12-20(2)13-18-28)26-15-11-22(29)27(3)19-21-9-6-5-7-10-21;/h5-7,9-10,20H,4,8,11-19H2,1-3H3,(H2,24,25,26);1H. The van der Waals surface area contributed by atoms with Crippen LogP contribution in [0.2, 0.25) is 0 Å². The minimum Gasteiger partial charge on any atom is -0.357 e. The zero-order valence-electron chi connectivity index (χ0n) is 18.9. The quantitative estimate of drug-likeness (QED) is 0.211. The summed E-state index contributed by atoms with van der Waals surface area (Å²) in [6.07, 6.45) is 4.17. The third-order valence-corrected chi connectivity index (χ3v) is 5.44. The van der Waals surface area contributed by atoms with E-state index in [-0.39, 0.29) is 29.9 Å². The molecule has 6 nitrogen and oxygen atoms in total. The first kappa shape index (κ1) is 26.7. The topological polar surface area (TPSA) is 60.0 Å². The number of aliphatic imine (C=N–C) groups is 1. The van der Waals surface area contributed by atoms with Crippen molar-refractivity contribution in [1.29, 1.82) is 0 Å². The van der Waals surface area contributed by atoms with Crippen LogP contribution in [0.4, 0.5) is 0 Å². The summed E-state index contributed by atoms with van der Waals surface area (Å²) >= 11 is 0. The highest BCUT2D eigenvalue weighted by atomic mass is 127. The van der Waals surface area contributed by atoms with Gasteiger partial charge in [-0.15, -0.1) is 24.0 Å². The van der Waals surface area contributed by atoms with Gasteiger partial charge in [0.2, 0.25) is 5.91 Å². The lowest BCUT2D eigenvalue weighted by molar-refractivity contribution is -0.130. The highest BCUT2D eigenvalue weighted by Gasteiger charge is 2.14. The van der Waals surface area contributed by atoms with Crippen LogP contribution in [0.5, 0.6) is 0 Å². The van der Waals surface area contributed by atoms with Crippen molar-refractivity contribution in [3.63, 3.8) is 0 Å². The summed E-state index contributed by atoms with van der Waals surface area (Å²) in [7, 11) is 1.86. The Balaban J connectivity index is 0.00000450. The zero-order valence-corrected chi connectivity index (χ0v) is 21.2. The molecule has 30 heavy (non-hydrogen) atoms. The van der Waals surface area contributed by atoms with Crippen molar-refractivity contribution in [2.24, 2.45) is 10.9 Å². The fraction of sp³-hybridized carbons (Fsp3) is 0.652. The van der Waals surface area contributed by atoms with E-state index in [9.17, 15) is 4.79 Å². The Kier molecular flexibility index (Phi) is 13.7. The normalized spacial score (nSPS) is 15.4. The first-order valence-electron chi connectivity index (χ1n) is 11.1. The number of rotatable bonds is 10. The van der Waals surface area contributed by atoms with Gasteiger partial charge in [0.15, 0.2) is 5.96 Å². The van der Waals surface area contributed by atoms with Gasteiger partial charge >= 0.3 is 0 Å². The van der Waals surface area contributed by atoms with Crippen molar-refractivity contribution in [3.05, 3.63) is 35.9 Å². The fourth-order valence-corrected chi connectivity index (χ4v) is 3.54. The first-order valence-corrected chi connectivity index (χ1v) is 11.1.